The van der Waals surface area contributed by atoms with Crippen LogP contribution in [-0.2, 0) is 14.9 Å². The second-order valence-electron chi connectivity index (χ2n) is 11.0. The predicted octanol–water partition coefficient (Wildman–Crippen LogP) is 7.79. The van der Waals surface area contributed by atoms with E-state index in [9.17, 15) is 17.8 Å². The Balaban J connectivity index is 0.00000484. The van der Waals surface area contributed by atoms with Crippen LogP contribution in [0.15, 0.2) is 75.8 Å². The number of benzene rings is 3. The number of hydrogen-bond donors (Lipinski definition) is 1. The average Bonchev–Trinajstić information content (AvgIpc) is 2.98. The summed E-state index contributed by atoms with van der Waals surface area (Å²) in [4.78, 5) is 12.3. The number of azo groups is 1. The van der Waals surface area contributed by atoms with Gasteiger partial charge in [-0.3, -0.25) is 9.35 Å². The Labute approximate surface area is 281 Å². The third-order valence-electron chi connectivity index (χ3n) is 7.46. The minimum absolute atomic E-state index is 0. The van der Waals surface area contributed by atoms with Crippen molar-refractivity contribution in [1.82, 2.24) is 0 Å². The number of hydrogen-bond acceptors (Lipinski definition) is 6. The van der Waals surface area contributed by atoms with E-state index in [4.69, 9.17) is 4.74 Å². The first kappa shape index (κ1) is 37.1. The van der Waals surface area contributed by atoms with E-state index >= 15 is 0 Å². The fraction of sp³-hybridized carbons (Fsp3) is 0.500. The fourth-order valence-corrected chi connectivity index (χ4v) is 5.58. The molecule has 0 aliphatic rings. The van der Waals surface area contributed by atoms with Crippen molar-refractivity contribution in [3.05, 3.63) is 60.7 Å². The second-order valence-corrected chi connectivity index (χ2v) is 12.4. The van der Waals surface area contributed by atoms with Gasteiger partial charge in [-0.05, 0) is 36.8 Å². The first-order valence-electron chi connectivity index (χ1n) is 15.6. The molecule has 3 aromatic carbocycles. The van der Waals surface area contributed by atoms with Crippen LogP contribution < -0.4 is 34.3 Å². The fourth-order valence-electron chi connectivity index (χ4n) is 5.06. The summed E-state index contributed by atoms with van der Waals surface area (Å²) >= 11 is 0. The van der Waals surface area contributed by atoms with Crippen LogP contribution in [0.5, 0.6) is 5.75 Å². The van der Waals surface area contributed by atoms with Gasteiger partial charge in [-0.1, -0.05) is 127 Å². The summed E-state index contributed by atoms with van der Waals surface area (Å²) in [5.74, 6) is 0.232. The van der Waals surface area contributed by atoms with Crippen molar-refractivity contribution in [2.45, 2.75) is 115 Å². The smallest absolute Gasteiger partial charge is 1.00 e. The molecule has 0 spiro atoms. The Kier molecular flexibility index (Phi) is 17.9. The minimum atomic E-state index is -4.33. The van der Waals surface area contributed by atoms with Crippen LogP contribution in [-0.4, -0.2) is 18.9 Å². The number of carbonyl (C=O) groups excluding carboxylic acids is 1. The number of nitrogens with zero attached hydrogens (tertiary/aromatic N) is 2. The molecule has 43 heavy (non-hydrogen) atoms. The molecule has 0 aliphatic carbocycles. The molecule has 0 unspecified atom stereocenters. The van der Waals surface area contributed by atoms with Crippen molar-refractivity contribution in [3.8, 4) is 5.75 Å². The summed E-state index contributed by atoms with van der Waals surface area (Å²) < 4.78 is 37.8. The van der Waals surface area contributed by atoms with Crippen LogP contribution >= 0.6 is 0 Å². The topological polar surface area (TPSA) is 105 Å². The molecule has 0 radical (unpaired) electrons. The van der Waals surface area contributed by atoms with Crippen molar-refractivity contribution < 1.29 is 53.5 Å². The molecule has 0 heterocycles. The van der Waals surface area contributed by atoms with Gasteiger partial charge in [0.05, 0.1) is 16.3 Å². The Morgan fingerprint density at radius 1 is 0.721 bits per heavy atom. The van der Waals surface area contributed by atoms with Gasteiger partial charge in [-0.25, -0.2) is 0 Å². The summed E-state index contributed by atoms with van der Waals surface area (Å²) in [6.07, 6.45) is 19.6. The van der Waals surface area contributed by atoms with E-state index in [1.165, 1.54) is 95.2 Å². The molecule has 0 bridgehead atoms. The van der Waals surface area contributed by atoms with Gasteiger partial charge in [0.25, 0.3) is 10.1 Å². The molecule has 0 saturated heterocycles. The molecule has 9 heteroatoms. The van der Waals surface area contributed by atoms with E-state index in [-0.39, 0.29) is 47.5 Å². The molecule has 0 atom stereocenters. The molecule has 0 amide bonds. The molecular formula is C34H47N2NaO5S. The number of ether oxygens (including phenoxy) is 1. The molecular weight excluding hydrogens is 571 g/mol. The standard InChI is InChI=1S/C34H46N2O5S.Na.H/c1-2-3-4-5-6-7-8-9-10-11-12-13-14-15-16-24-34(37)41-33-26-25-32(30-22-17-18-23-31(30)33)36-35-28-20-19-21-29(27-28)42(38,39)40;;/h17-23,25-27H,2-16,24H2,1H3,(H,38,39,40);;/q;+1;-1. The van der Waals surface area contributed by atoms with Gasteiger partial charge < -0.3 is 6.16 Å². The largest absolute Gasteiger partial charge is 1.00 e. The normalized spacial score (nSPS) is 11.6. The minimum Gasteiger partial charge on any atom is -1.00 e. The number of unbranched alkanes of at least 4 members (excludes halogenated alkanes) is 14. The Morgan fingerprint density at radius 2 is 1.28 bits per heavy atom. The second kappa shape index (κ2) is 20.8. The molecule has 0 saturated carbocycles. The molecule has 3 aromatic rings. The molecule has 7 nitrogen and oxygen atoms in total. The summed E-state index contributed by atoms with van der Waals surface area (Å²) in [5, 5.41) is 9.91. The first-order valence-corrected chi connectivity index (χ1v) is 17.0. The maximum atomic E-state index is 12.6. The summed E-state index contributed by atoms with van der Waals surface area (Å²) in [6, 6.07) is 16.5. The zero-order valence-electron chi connectivity index (χ0n) is 27.0. The van der Waals surface area contributed by atoms with E-state index in [1.807, 2.05) is 24.3 Å². The van der Waals surface area contributed by atoms with Crippen molar-refractivity contribution in [1.29, 1.82) is 0 Å². The van der Waals surface area contributed by atoms with Crippen molar-refractivity contribution in [3.63, 3.8) is 0 Å². The average molecular weight is 619 g/mol. The van der Waals surface area contributed by atoms with Crippen molar-refractivity contribution >= 4 is 38.2 Å². The molecule has 230 valence electrons. The number of carbonyl (C=O) groups is 1. The summed E-state index contributed by atoms with van der Waals surface area (Å²) in [7, 11) is -4.33. The van der Waals surface area contributed by atoms with E-state index in [0.29, 0.717) is 17.9 Å². The summed E-state index contributed by atoms with van der Waals surface area (Å²) in [6.45, 7) is 2.26. The Hall–Kier alpha value is -2.10. The SMILES string of the molecule is CCCCCCCCCCCCCCCCCC(=O)Oc1ccc(N=Nc2cccc(S(=O)(=O)O)c2)c2ccccc12.[H-].[Na+]. The van der Waals surface area contributed by atoms with Gasteiger partial charge in [0.15, 0.2) is 0 Å². The third kappa shape index (κ3) is 14.0. The van der Waals surface area contributed by atoms with Crippen LogP contribution in [0.25, 0.3) is 10.8 Å². The van der Waals surface area contributed by atoms with E-state index in [2.05, 4.69) is 17.2 Å². The molecule has 1 N–H and O–H groups in total. The van der Waals surface area contributed by atoms with Crippen LogP contribution in [0.3, 0.4) is 0 Å². The monoisotopic (exact) mass is 618 g/mol. The van der Waals surface area contributed by atoms with Crippen molar-refractivity contribution in [2.75, 3.05) is 0 Å². The van der Waals surface area contributed by atoms with Crippen LogP contribution in [0, 0.1) is 0 Å². The zero-order chi connectivity index (χ0) is 30.0. The van der Waals surface area contributed by atoms with Gasteiger partial charge in [-0.2, -0.15) is 13.5 Å². The molecule has 3 rings (SSSR count). The van der Waals surface area contributed by atoms with E-state index in [1.54, 1.807) is 18.2 Å². The van der Waals surface area contributed by atoms with Crippen LogP contribution in [0.1, 0.15) is 111 Å². The zero-order valence-corrected chi connectivity index (χ0v) is 28.8. The Bertz CT molecular complexity index is 1400. The molecule has 0 fully saturated rings. The number of rotatable bonds is 20. The maximum Gasteiger partial charge on any atom is 1.00 e. The molecule has 0 aromatic heterocycles. The molecule has 0 aliphatic heterocycles. The summed E-state index contributed by atoms with van der Waals surface area (Å²) in [5.41, 5.74) is 0.832. The van der Waals surface area contributed by atoms with Gasteiger partial charge in [-0.15, -0.1) is 5.11 Å². The van der Waals surface area contributed by atoms with Gasteiger partial charge in [0.2, 0.25) is 0 Å². The van der Waals surface area contributed by atoms with E-state index in [0.717, 1.165) is 30.0 Å². The van der Waals surface area contributed by atoms with E-state index < -0.39 is 10.1 Å². The quantitative estimate of drug-likeness (QED) is 0.0348. The van der Waals surface area contributed by atoms with Crippen LogP contribution in [0.2, 0.25) is 0 Å². The Morgan fingerprint density at radius 3 is 1.86 bits per heavy atom. The van der Waals surface area contributed by atoms with Crippen LogP contribution in [0.4, 0.5) is 11.4 Å². The van der Waals surface area contributed by atoms with Gasteiger partial charge >= 0.3 is 35.5 Å². The van der Waals surface area contributed by atoms with Crippen molar-refractivity contribution in [2.24, 2.45) is 10.2 Å². The maximum absolute atomic E-state index is 12.6. The third-order valence-corrected chi connectivity index (χ3v) is 8.31. The first-order chi connectivity index (χ1) is 20.4. The number of esters is 1. The van der Waals surface area contributed by atoms with Gasteiger partial charge in [0, 0.05) is 17.2 Å². The van der Waals surface area contributed by atoms with Gasteiger partial charge in [0.1, 0.15) is 5.75 Å². The number of fused-ring (bicyclic) bond motifs is 1. The predicted molar refractivity (Wildman–Crippen MR) is 171 cm³/mol.